The van der Waals surface area contributed by atoms with Crippen LogP contribution in [0.4, 0.5) is 0 Å². The number of hydrogen-bond donors (Lipinski definition) is 3. The van der Waals surface area contributed by atoms with E-state index in [9.17, 15) is 4.79 Å². The topological polar surface area (TPSA) is 75.4 Å². The van der Waals surface area contributed by atoms with Crippen molar-refractivity contribution >= 4 is 5.91 Å². The van der Waals surface area contributed by atoms with Gasteiger partial charge in [0.1, 0.15) is 0 Å². The highest BCUT2D eigenvalue weighted by atomic mass is 16.3. The number of aryl methyl sites for hydroxylation is 1. The predicted molar refractivity (Wildman–Crippen MR) is 67.5 cm³/mol. The Balaban J connectivity index is 2.24. The Kier molecular flexibility index (Phi) is 6.29. The molecule has 0 spiro atoms. The molecule has 0 radical (unpaired) electrons. The average molecular weight is 236 g/mol. The number of rotatable bonds is 7. The van der Waals surface area contributed by atoms with E-state index in [4.69, 9.17) is 10.8 Å². The zero-order chi connectivity index (χ0) is 12.5. The quantitative estimate of drug-likeness (QED) is 0.601. The standard InChI is InChI=1S/C13H20N2O2/c14-12(13(17)15-9-4-10-16)8-7-11-5-2-1-3-6-11/h1-3,5-6,12,16H,4,7-10,14H2,(H,15,17). The van der Waals surface area contributed by atoms with E-state index in [-0.39, 0.29) is 12.5 Å². The zero-order valence-electron chi connectivity index (χ0n) is 9.93. The van der Waals surface area contributed by atoms with E-state index in [2.05, 4.69) is 5.32 Å². The lowest BCUT2D eigenvalue weighted by Gasteiger charge is -2.11. The minimum atomic E-state index is -0.478. The Morgan fingerprint density at radius 1 is 1.35 bits per heavy atom. The summed E-state index contributed by atoms with van der Waals surface area (Å²) >= 11 is 0. The van der Waals surface area contributed by atoms with Crippen molar-refractivity contribution in [3.05, 3.63) is 35.9 Å². The highest BCUT2D eigenvalue weighted by molar-refractivity contribution is 5.81. The molecule has 0 saturated heterocycles. The first-order chi connectivity index (χ1) is 8.24. The summed E-state index contributed by atoms with van der Waals surface area (Å²) in [5.41, 5.74) is 6.96. The van der Waals surface area contributed by atoms with E-state index in [0.717, 1.165) is 6.42 Å². The van der Waals surface area contributed by atoms with Gasteiger partial charge in [0.05, 0.1) is 6.04 Å². The molecule has 0 heterocycles. The second-order valence-electron chi connectivity index (χ2n) is 4.00. The van der Waals surface area contributed by atoms with Gasteiger partial charge >= 0.3 is 0 Å². The molecule has 0 fully saturated rings. The molecular formula is C13H20N2O2. The van der Waals surface area contributed by atoms with Crippen LogP contribution in [-0.4, -0.2) is 30.2 Å². The molecule has 4 nitrogen and oxygen atoms in total. The van der Waals surface area contributed by atoms with Crippen LogP contribution in [0, 0.1) is 0 Å². The molecule has 1 amide bonds. The van der Waals surface area contributed by atoms with E-state index >= 15 is 0 Å². The maximum atomic E-state index is 11.5. The van der Waals surface area contributed by atoms with Crippen LogP contribution in [-0.2, 0) is 11.2 Å². The molecule has 1 atom stereocenters. The number of benzene rings is 1. The van der Waals surface area contributed by atoms with Crippen molar-refractivity contribution in [1.29, 1.82) is 0 Å². The number of hydrogen-bond acceptors (Lipinski definition) is 3. The molecule has 1 aromatic rings. The van der Waals surface area contributed by atoms with Gasteiger partial charge in [-0.15, -0.1) is 0 Å². The monoisotopic (exact) mass is 236 g/mol. The Labute approximate surface area is 102 Å². The third-order valence-corrected chi connectivity index (χ3v) is 2.56. The van der Waals surface area contributed by atoms with Gasteiger partial charge in [0.15, 0.2) is 0 Å². The summed E-state index contributed by atoms with van der Waals surface area (Å²) in [5, 5.41) is 11.3. The number of nitrogens with one attached hydrogen (secondary N) is 1. The van der Waals surface area contributed by atoms with Crippen molar-refractivity contribution in [2.24, 2.45) is 5.73 Å². The molecule has 17 heavy (non-hydrogen) atoms. The van der Waals surface area contributed by atoms with Gasteiger partial charge in [-0.05, 0) is 24.8 Å². The molecule has 0 saturated carbocycles. The highest BCUT2D eigenvalue weighted by Gasteiger charge is 2.12. The minimum absolute atomic E-state index is 0.0829. The van der Waals surface area contributed by atoms with Crippen LogP contribution in [0.15, 0.2) is 30.3 Å². The largest absolute Gasteiger partial charge is 0.396 e. The number of aliphatic hydroxyl groups is 1. The Morgan fingerprint density at radius 2 is 2.06 bits per heavy atom. The van der Waals surface area contributed by atoms with Crippen LogP contribution >= 0.6 is 0 Å². The van der Waals surface area contributed by atoms with Gasteiger partial charge in [-0.25, -0.2) is 0 Å². The summed E-state index contributed by atoms with van der Waals surface area (Å²) < 4.78 is 0. The van der Waals surface area contributed by atoms with Gasteiger partial charge in [0.2, 0.25) is 5.91 Å². The van der Waals surface area contributed by atoms with Gasteiger partial charge in [-0.2, -0.15) is 0 Å². The third kappa shape index (κ3) is 5.47. The average Bonchev–Trinajstić information content (AvgIpc) is 2.37. The summed E-state index contributed by atoms with van der Waals surface area (Å²) in [5.74, 6) is -0.144. The molecule has 0 aliphatic rings. The molecule has 1 aromatic carbocycles. The summed E-state index contributed by atoms with van der Waals surface area (Å²) in [6, 6.07) is 9.48. The normalized spacial score (nSPS) is 12.1. The molecule has 0 bridgehead atoms. The van der Waals surface area contributed by atoms with E-state index in [0.29, 0.717) is 19.4 Å². The maximum absolute atomic E-state index is 11.5. The fraction of sp³-hybridized carbons (Fsp3) is 0.462. The van der Waals surface area contributed by atoms with E-state index in [1.165, 1.54) is 5.56 Å². The van der Waals surface area contributed by atoms with Gasteiger partial charge in [-0.1, -0.05) is 30.3 Å². The van der Waals surface area contributed by atoms with Crippen molar-refractivity contribution in [3.63, 3.8) is 0 Å². The summed E-state index contributed by atoms with van der Waals surface area (Å²) in [6.07, 6.45) is 2.00. The molecule has 0 aromatic heterocycles. The first kappa shape index (κ1) is 13.7. The lowest BCUT2D eigenvalue weighted by atomic mass is 10.1. The van der Waals surface area contributed by atoms with Crippen LogP contribution in [0.1, 0.15) is 18.4 Å². The summed E-state index contributed by atoms with van der Waals surface area (Å²) in [7, 11) is 0. The van der Waals surface area contributed by atoms with Crippen LogP contribution in [0.5, 0.6) is 0 Å². The van der Waals surface area contributed by atoms with Gasteiger partial charge < -0.3 is 16.2 Å². The first-order valence-corrected chi connectivity index (χ1v) is 5.92. The van der Waals surface area contributed by atoms with Crippen LogP contribution in [0.2, 0.25) is 0 Å². The molecule has 0 aliphatic carbocycles. The van der Waals surface area contributed by atoms with Crippen LogP contribution < -0.4 is 11.1 Å². The molecular weight excluding hydrogens is 216 g/mol. The molecule has 4 N–H and O–H groups in total. The predicted octanol–water partition coefficient (Wildman–Crippen LogP) is 0.445. The minimum Gasteiger partial charge on any atom is -0.396 e. The van der Waals surface area contributed by atoms with Crippen molar-refractivity contribution in [2.75, 3.05) is 13.2 Å². The Bertz CT molecular complexity index is 327. The molecule has 4 heteroatoms. The summed E-state index contributed by atoms with van der Waals surface area (Å²) in [6.45, 7) is 0.563. The summed E-state index contributed by atoms with van der Waals surface area (Å²) in [4.78, 5) is 11.5. The van der Waals surface area contributed by atoms with Crippen molar-refractivity contribution in [1.82, 2.24) is 5.32 Å². The molecule has 94 valence electrons. The first-order valence-electron chi connectivity index (χ1n) is 5.92. The van der Waals surface area contributed by atoms with Gasteiger partial charge in [0, 0.05) is 13.2 Å². The highest BCUT2D eigenvalue weighted by Crippen LogP contribution is 2.03. The second-order valence-corrected chi connectivity index (χ2v) is 4.00. The van der Waals surface area contributed by atoms with Crippen LogP contribution in [0.25, 0.3) is 0 Å². The van der Waals surface area contributed by atoms with Crippen molar-refractivity contribution in [2.45, 2.75) is 25.3 Å². The number of amides is 1. The third-order valence-electron chi connectivity index (χ3n) is 2.56. The lowest BCUT2D eigenvalue weighted by molar-refractivity contribution is -0.122. The zero-order valence-corrected chi connectivity index (χ0v) is 9.93. The fourth-order valence-corrected chi connectivity index (χ4v) is 1.52. The second kappa shape index (κ2) is 7.81. The number of carbonyl (C=O) groups is 1. The Hall–Kier alpha value is -1.39. The van der Waals surface area contributed by atoms with Crippen molar-refractivity contribution < 1.29 is 9.90 Å². The molecule has 1 rings (SSSR count). The molecule has 0 aliphatic heterocycles. The van der Waals surface area contributed by atoms with E-state index in [1.54, 1.807) is 0 Å². The molecule has 1 unspecified atom stereocenters. The van der Waals surface area contributed by atoms with E-state index in [1.807, 2.05) is 30.3 Å². The van der Waals surface area contributed by atoms with Crippen molar-refractivity contribution in [3.8, 4) is 0 Å². The van der Waals surface area contributed by atoms with E-state index < -0.39 is 6.04 Å². The number of aliphatic hydroxyl groups excluding tert-OH is 1. The fourth-order valence-electron chi connectivity index (χ4n) is 1.52. The van der Waals surface area contributed by atoms with Gasteiger partial charge in [0.25, 0.3) is 0 Å². The number of carbonyl (C=O) groups excluding carboxylic acids is 1. The smallest absolute Gasteiger partial charge is 0.236 e. The lowest BCUT2D eigenvalue weighted by Crippen LogP contribution is -2.41. The SMILES string of the molecule is NC(CCc1ccccc1)C(=O)NCCCO. The Morgan fingerprint density at radius 3 is 2.71 bits per heavy atom. The van der Waals surface area contributed by atoms with Gasteiger partial charge in [-0.3, -0.25) is 4.79 Å². The van der Waals surface area contributed by atoms with Crippen LogP contribution in [0.3, 0.4) is 0 Å². The maximum Gasteiger partial charge on any atom is 0.236 e. The number of nitrogens with two attached hydrogens (primary N) is 1.